The molecule has 0 amide bonds. The highest BCUT2D eigenvalue weighted by Gasteiger charge is 2.38. The van der Waals surface area contributed by atoms with Crippen molar-refractivity contribution in [3.05, 3.63) is 95.1 Å². The molecule has 6 heteroatoms. The Bertz CT molecular complexity index is 972. The van der Waals surface area contributed by atoms with Gasteiger partial charge in [0.1, 0.15) is 13.2 Å². The monoisotopic (exact) mass is 452 g/mol. The van der Waals surface area contributed by atoms with E-state index in [-0.39, 0.29) is 17.4 Å². The quantitative estimate of drug-likeness (QED) is 0.340. The van der Waals surface area contributed by atoms with E-state index < -0.39 is 14.3 Å². The highest BCUT2D eigenvalue weighted by molar-refractivity contribution is 6.74. The van der Waals surface area contributed by atoms with Crippen LogP contribution in [0.15, 0.2) is 84.0 Å². The average molecular weight is 453 g/mol. The van der Waals surface area contributed by atoms with Crippen molar-refractivity contribution in [1.29, 1.82) is 0 Å². The van der Waals surface area contributed by atoms with Crippen LogP contribution in [0, 0.1) is 0 Å². The Hall–Kier alpha value is -2.83. The number of carbonyl (C=O) groups is 1. The lowest BCUT2D eigenvalue weighted by atomic mass is 10.2. The van der Waals surface area contributed by atoms with Crippen LogP contribution in [0.1, 0.15) is 31.9 Å². The summed E-state index contributed by atoms with van der Waals surface area (Å²) in [6.45, 7) is 11.8. The maximum Gasteiger partial charge on any atom is 0.383 e. The number of rotatable bonds is 9. The van der Waals surface area contributed by atoms with Crippen LogP contribution in [0.25, 0.3) is 0 Å². The Labute approximate surface area is 191 Å². The molecule has 0 saturated heterocycles. The van der Waals surface area contributed by atoms with Gasteiger partial charge in [0, 0.05) is 0 Å². The van der Waals surface area contributed by atoms with E-state index in [2.05, 4.69) is 33.9 Å². The predicted octanol–water partition coefficient (Wildman–Crippen LogP) is 6.09. The average Bonchev–Trinajstić information content (AvgIpc) is 3.05. The van der Waals surface area contributed by atoms with Gasteiger partial charge in [-0.25, -0.2) is 4.79 Å². The van der Waals surface area contributed by atoms with Gasteiger partial charge in [-0.05, 0) is 35.3 Å². The van der Waals surface area contributed by atoms with Crippen LogP contribution in [0.2, 0.25) is 18.1 Å². The summed E-state index contributed by atoms with van der Waals surface area (Å²) >= 11 is 0. The molecule has 2 aromatic rings. The number of hydrogen-bond acceptors (Lipinski definition) is 5. The van der Waals surface area contributed by atoms with Gasteiger partial charge < -0.3 is 18.6 Å². The van der Waals surface area contributed by atoms with Crippen LogP contribution in [-0.2, 0) is 36.6 Å². The van der Waals surface area contributed by atoms with Crippen molar-refractivity contribution >= 4 is 14.3 Å². The maximum absolute atomic E-state index is 12.6. The lowest BCUT2D eigenvalue weighted by Gasteiger charge is -2.35. The van der Waals surface area contributed by atoms with Crippen molar-refractivity contribution in [2.75, 3.05) is 6.61 Å². The van der Waals surface area contributed by atoms with E-state index >= 15 is 0 Å². The summed E-state index contributed by atoms with van der Waals surface area (Å²) in [5.41, 5.74) is 1.94. The molecule has 2 aromatic carbocycles. The predicted molar refractivity (Wildman–Crippen MR) is 127 cm³/mol. The summed E-state index contributed by atoms with van der Waals surface area (Å²) in [6.07, 6.45) is 1.76. The molecule has 3 rings (SSSR count). The molecule has 0 aliphatic carbocycles. The second-order valence-corrected chi connectivity index (χ2v) is 14.0. The van der Waals surface area contributed by atoms with Gasteiger partial charge in [0.2, 0.25) is 5.76 Å². The first-order chi connectivity index (χ1) is 15.2. The van der Waals surface area contributed by atoms with E-state index in [1.54, 1.807) is 6.08 Å². The number of esters is 1. The SMILES string of the molecule is CC(C)(C)[Si](C)(C)OCC=C1OC(=O)C(OCc2ccccc2)=C1OCc1ccccc1. The molecule has 0 N–H and O–H groups in total. The molecule has 0 radical (unpaired) electrons. The van der Waals surface area contributed by atoms with Gasteiger partial charge in [0.15, 0.2) is 14.1 Å². The van der Waals surface area contributed by atoms with Crippen LogP contribution in [-0.4, -0.2) is 20.9 Å². The van der Waals surface area contributed by atoms with E-state index in [1.165, 1.54) is 0 Å². The summed E-state index contributed by atoms with van der Waals surface area (Å²) in [6, 6.07) is 19.4. The van der Waals surface area contributed by atoms with E-state index in [1.807, 2.05) is 60.7 Å². The zero-order chi connectivity index (χ0) is 23.2. The third-order valence-electron chi connectivity index (χ3n) is 5.79. The Balaban J connectivity index is 1.79. The van der Waals surface area contributed by atoms with Crippen LogP contribution in [0.4, 0.5) is 0 Å². The molecular weight excluding hydrogens is 420 g/mol. The molecule has 0 atom stereocenters. The largest absolute Gasteiger partial charge is 0.481 e. The third-order valence-corrected chi connectivity index (χ3v) is 10.3. The molecule has 0 bridgehead atoms. The normalized spacial score (nSPS) is 15.8. The van der Waals surface area contributed by atoms with Crippen LogP contribution < -0.4 is 0 Å². The molecule has 0 unspecified atom stereocenters. The minimum Gasteiger partial charge on any atom is -0.481 e. The van der Waals surface area contributed by atoms with E-state index in [4.69, 9.17) is 18.6 Å². The highest BCUT2D eigenvalue weighted by atomic mass is 28.4. The summed E-state index contributed by atoms with van der Waals surface area (Å²) in [4.78, 5) is 12.6. The molecule has 32 heavy (non-hydrogen) atoms. The molecule has 0 spiro atoms. The maximum atomic E-state index is 12.6. The molecule has 0 saturated carbocycles. The van der Waals surface area contributed by atoms with Crippen molar-refractivity contribution in [2.45, 2.75) is 52.1 Å². The standard InChI is InChI=1S/C26H32O5Si/c1-26(2,3)32(4,5)30-17-16-22-23(28-18-20-12-8-6-9-13-20)24(25(27)31-22)29-19-21-14-10-7-11-15-21/h6-16H,17-19H2,1-5H3. The summed E-state index contributed by atoms with van der Waals surface area (Å²) in [5.74, 6) is 0.187. The summed E-state index contributed by atoms with van der Waals surface area (Å²) in [7, 11) is -1.94. The second kappa shape index (κ2) is 10.2. The van der Waals surface area contributed by atoms with Gasteiger partial charge in [0.25, 0.3) is 5.76 Å². The van der Waals surface area contributed by atoms with Gasteiger partial charge in [-0.15, -0.1) is 0 Å². The van der Waals surface area contributed by atoms with Crippen LogP contribution in [0.5, 0.6) is 0 Å². The first kappa shape index (κ1) is 23.8. The second-order valence-electron chi connectivity index (χ2n) is 9.24. The summed E-state index contributed by atoms with van der Waals surface area (Å²) in [5, 5.41) is 0.0876. The number of ether oxygens (including phenoxy) is 3. The van der Waals surface area contributed by atoms with Crippen molar-refractivity contribution < 1.29 is 23.4 Å². The van der Waals surface area contributed by atoms with Crippen molar-refractivity contribution in [3.63, 3.8) is 0 Å². The Morgan fingerprint density at radius 3 is 1.84 bits per heavy atom. The zero-order valence-electron chi connectivity index (χ0n) is 19.5. The van der Waals surface area contributed by atoms with E-state index in [9.17, 15) is 4.79 Å². The number of cyclic esters (lactones) is 1. The molecule has 0 fully saturated rings. The summed E-state index contributed by atoms with van der Waals surface area (Å²) < 4.78 is 23.6. The Kier molecular flexibility index (Phi) is 7.59. The highest BCUT2D eigenvalue weighted by Crippen LogP contribution is 2.37. The van der Waals surface area contributed by atoms with Crippen molar-refractivity contribution in [3.8, 4) is 0 Å². The molecule has 1 aliphatic rings. The molecule has 170 valence electrons. The lowest BCUT2D eigenvalue weighted by Crippen LogP contribution is -2.40. The van der Waals surface area contributed by atoms with Crippen molar-refractivity contribution in [2.24, 2.45) is 0 Å². The smallest absolute Gasteiger partial charge is 0.383 e. The van der Waals surface area contributed by atoms with Gasteiger partial charge >= 0.3 is 5.97 Å². The van der Waals surface area contributed by atoms with Gasteiger partial charge in [0.05, 0.1) is 6.61 Å². The molecule has 1 heterocycles. The first-order valence-electron chi connectivity index (χ1n) is 10.8. The fourth-order valence-corrected chi connectivity index (χ4v) is 3.73. The number of benzene rings is 2. The van der Waals surface area contributed by atoms with Crippen LogP contribution >= 0.6 is 0 Å². The number of hydrogen-bond donors (Lipinski definition) is 0. The van der Waals surface area contributed by atoms with Gasteiger partial charge in [-0.3, -0.25) is 0 Å². The van der Waals surface area contributed by atoms with Crippen LogP contribution in [0.3, 0.4) is 0 Å². The minimum atomic E-state index is -1.94. The molecule has 1 aliphatic heterocycles. The molecule has 0 aromatic heterocycles. The zero-order valence-corrected chi connectivity index (χ0v) is 20.5. The Morgan fingerprint density at radius 2 is 1.34 bits per heavy atom. The third kappa shape index (κ3) is 6.11. The molecule has 5 nitrogen and oxygen atoms in total. The van der Waals surface area contributed by atoms with Gasteiger partial charge in [-0.2, -0.15) is 0 Å². The number of carbonyl (C=O) groups excluding carboxylic acids is 1. The minimum absolute atomic E-state index is 0.0864. The first-order valence-corrected chi connectivity index (χ1v) is 13.7. The fraction of sp³-hybridized carbons (Fsp3) is 0.346. The molecular formula is C26H32O5Si. The van der Waals surface area contributed by atoms with E-state index in [0.717, 1.165) is 11.1 Å². The topological polar surface area (TPSA) is 54.0 Å². The van der Waals surface area contributed by atoms with Gasteiger partial charge in [-0.1, -0.05) is 81.4 Å². The van der Waals surface area contributed by atoms with Crippen molar-refractivity contribution in [1.82, 2.24) is 0 Å². The fourth-order valence-electron chi connectivity index (χ4n) is 2.79. The van der Waals surface area contributed by atoms with E-state index in [0.29, 0.717) is 24.7 Å². The lowest BCUT2D eigenvalue weighted by molar-refractivity contribution is -0.136. The Morgan fingerprint density at radius 1 is 0.844 bits per heavy atom.